The Morgan fingerprint density at radius 1 is 1.17 bits per heavy atom. The summed E-state index contributed by atoms with van der Waals surface area (Å²) in [6, 6.07) is 12.2. The van der Waals surface area contributed by atoms with Crippen LogP contribution in [0.2, 0.25) is 0 Å². The second-order valence-electron chi connectivity index (χ2n) is 5.30. The predicted molar refractivity (Wildman–Crippen MR) is 73.4 cm³/mol. The van der Waals surface area contributed by atoms with E-state index in [1.54, 1.807) is 0 Å². The van der Waals surface area contributed by atoms with Crippen LogP contribution in [0.15, 0.2) is 36.4 Å². The van der Waals surface area contributed by atoms with Crippen LogP contribution in [0, 0.1) is 0 Å². The van der Waals surface area contributed by atoms with Crippen molar-refractivity contribution in [1.29, 1.82) is 0 Å². The lowest BCUT2D eigenvalue weighted by Crippen LogP contribution is -2.17. The third-order valence-corrected chi connectivity index (χ3v) is 2.75. The van der Waals surface area contributed by atoms with E-state index in [4.69, 9.17) is 4.74 Å². The van der Waals surface area contributed by atoms with E-state index in [1.807, 2.05) is 35.9 Å². The smallest absolute Gasteiger partial charge is 0.233 e. The summed E-state index contributed by atoms with van der Waals surface area (Å²) in [7, 11) is 0. The highest BCUT2D eigenvalue weighted by Gasteiger charge is 2.22. The molecule has 0 radical (unpaired) electrons. The van der Waals surface area contributed by atoms with Crippen molar-refractivity contribution in [2.24, 2.45) is 0 Å². The van der Waals surface area contributed by atoms with Gasteiger partial charge in [-0.25, -0.2) is 4.68 Å². The first-order valence-electron chi connectivity index (χ1n) is 6.31. The van der Waals surface area contributed by atoms with E-state index in [0.717, 1.165) is 11.4 Å². The lowest BCUT2D eigenvalue weighted by atomic mass is 9.92. The SMILES string of the molecule is CCOc1cc(C(C)(C)C)n(-c2ccccc2)n1. The van der Waals surface area contributed by atoms with Crippen LogP contribution in [0.4, 0.5) is 0 Å². The molecule has 0 aliphatic heterocycles. The summed E-state index contributed by atoms with van der Waals surface area (Å²) >= 11 is 0. The molecule has 1 aromatic heterocycles. The number of rotatable bonds is 3. The maximum Gasteiger partial charge on any atom is 0.233 e. The molecule has 96 valence electrons. The number of benzene rings is 1. The van der Waals surface area contributed by atoms with E-state index in [2.05, 4.69) is 38.0 Å². The van der Waals surface area contributed by atoms with Gasteiger partial charge < -0.3 is 4.74 Å². The maximum absolute atomic E-state index is 5.51. The predicted octanol–water partition coefficient (Wildman–Crippen LogP) is 3.57. The molecule has 18 heavy (non-hydrogen) atoms. The van der Waals surface area contributed by atoms with Gasteiger partial charge in [0.2, 0.25) is 5.88 Å². The molecule has 0 aliphatic carbocycles. The fourth-order valence-electron chi connectivity index (χ4n) is 1.88. The molecule has 0 aliphatic rings. The summed E-state index contributed by atoms with van der Waals surface area (Å²) in [5, 5.41) is 4.53. The van der Waals surface area contributed by atoms with Crippen molar-refractivity contribution in [1.82, 2.24) is 9.78 Å². The summed E-state index contributed by atoms with van der Waals surface area (Å²) in [6.45, 7) is 9.14. The van der Waals surface area contributed by atoms with Crippen molar-refractivity contribution < 1.29 is 4.74 Å². The first-order valence-corrected chi connectivity index (χ1v) is 6.31. The van der Waals surface area contributed by atoms with Crippen LogP contribution in [-0.4, -0.2) is 16.4 Å². The van der Waals surface area contributed by atoms with Gasteiger partial charge in [0.25, 0.3) is 0 Å². The molecule has 0 amide bonds. The van der Waals surface area contributed by atoms with Gasteiger partial charge in [0.15, 0.2) is 0 Å². The molecule has 2 aromatic rings. The number of hydrogen-bond donors (Lipinski definition) is 0. The fraction of sp³-hybridized carbons (Fsp3) is 0.400. The van der Waals surface area contributed by atoms with Crippen LogP contribution in [0.5, 0.6) is 5.88 Å². The van der Waals surface area contributed by atoms with Gasteiger partial charge >= 0.3 is 0 Å². The summed E-state index contributed by atoms with van der Waals surface area (Å²) in [5.74, 6) is 0.686. The molecule has 0 unspecified atom stereocenters. The Labute approximate surface area is 108 Å². The van der Waals surface area contributed by atoms with Crippen LogP contribution in [0.3, 0.4) is 0 Å². The van der Waals surface area contributed by atoms with Crippen molar-refractivity contribution >= 4 is 0 Å². The molecule has 2 rings (SSSR count). The number of aromatic nitrogens is 2. The van der Waals surface area contributed by atoms with E-state index in [0.29, 0.717) is 12.5 Å². The largest absolute Gasteiger partial charge is 0.477 e. The number of para-hydroxylation sites is 1. The average Bonchev–Trinajstić information content (AvgIpc) is 2.75. The number of ether oxygens (including phenoxy) is 1. The lowest BCUT2D eigenvalue weighted by Gasteiger charge is -2.19. The molecule has 0 N–H and O–H groups in total. The summed E-state index contributed by atoms with van der Waals surface area (Å²) in [4.78, 5) is 0. The zero-order valence-corrected chi connectivity index (χ0v) is 11.5. The molecule has 1 aromatic carbocycles. The van der Waals surface area contributed by atoms with E-state index < -0.39 is 0 Å². The molecular weight excluding hydrogens is 224 g/mol. The lowest BCUT2D eigenvalue weighted by molar-refractivity contribution is 0.324. The normalized spacial score (nSPS) is 11.6. The molecular formula is C15H20N2O. The molecule has 3 heteroatoms. The second-order valence-corrected chi connectivity index (χ2v) is 5.30. The van der Waals surface area contributed by atoms with Crippen LogP contribution in [0.25, 0.3) is 5.69 Å². The molecule has 0 spiro atoms. The van der Waals surface area contributed by atoms with Gasteiger partial charge in [0, 0.05) is 11.5 Å². The Balaban J connectivity index is 2.51. The quantitative estimate of drug-likeness (QED) is 0.825. The Kier molecular flexibility index (Phi) is 3.41. The highest BCUT2D eigenvalue weighted by Crippen LogP contribution is 2.28. The Morgan fingerprint density at radius 3 is 2.39 bits per heavy atom. The van der Waals surface area contributed by atoms with E-state index in [9.17, 15) is 0 Å². The fourth-order valence-corrected chi connectivity index (χ4v) is 1.88. The second kappa shape index (κ2) is 4.84. The van der Waals surface area contributed by atoms with Gasteiger partial charge in [-0.3, -0.25) is 0 Å². The number of hydrogen-bond acceptors (Lipinski definition) is 2. The standard InChI is InChI=1S/C15H20N2O/c1-5-18-14-11-13(15(2,3)4)17(16-14)12-9-7-6-8-10-12/h6-11H,5H2,1-4H3. The molecule has 0 saturated heterocycles. The zero-order chi connectivity index (χ0) is 13.2. The monoisotopic (exact) mass is 244 g/mol. The van der Waals surface area contributed by atoms with Gasteiger partial charge in [-0.1, -0.05) is 39.0 Å². The minimum Gasteiger partial charge on any atom is -0.477 e. The van der Waals surface area contributed by atoms with E-state index in [-0.39, 0.29) is 5.41 Å². The van der Waals surface area contributed by atoms with Crippen LogP contribution >= 0.6 is 0 Å². The van der Waals surface area contributed by atoms with Gasteiger partial charge in [0.1, 0.15) is 0 Å². The zero-order valence-electron chi connectivity index (χ0n) is 11.5. The average molecular weight is 244 g/mol. The highest BCUT2D eigenvalue weighted by molar-refractivity contribution is 5.36. The Bertz CT molecular complexity index is 509. The van der Waals surface area contributed by atoms with Crippen molar-refractivity contribution in [2.45, 2.75) is 33.1 Å². The Morgan fingerprint density at radius 2 is 1.83 bits per heavy atom. The van der Waals surface area contributed by atoms with Gasteiger partial charge in [-0.2, -0.15) is 0 Å². The Hall–Kier alpha value is -1.77. The van der Waals surface area contributed by atoms with Gasteiger partial charge in [0.05, 0.1) is 18.0 Å². The molecule has 3 nitrogen and oxygen atoms in total. The van der Waals surface area contributed by atoms with Crippen molar-refractivity contribution in [2.75, 3.05) is 6.61 Å². The van der Waals surface area contributed by atoms with Crippen LogP contribution < -0.4 is 4.74 Å². The van der Waals surface area contributed by atoms with Gasteiger partial charge in [-0.15, -0.1) is 5.10 Å². The minimum atomic E-state index is 0.0260. The molecule has 0 fully saturated rings. The van der Waals surface area contributed by atoms with Crippen molar-refractivity contribution in [3.05, 3.63) is 42.1 Å². The van der Waals surface area contributed by atoms with Crippen LogP contribution in [-0.2, 0) is 5.41 Å². The highest BCUT2D eigenvalue weighted by atomic mass is 16.5. The van der Waals surface area contributed by atoms with Crippen LogP contribution in [0.1, 0.15) is 33.4 Å². The molecule has 0 bridgehead atoms. The number of nitrogens with zero attached hydrogens (tertiary/aromatic N) is 2. The van der Waals surface area contributed by atoms with E-state index in [1.165, 1.54) is 0 Å². The summed E-state index contributed by atoms with van der Waals surface area (Å²) in [5.41, 5.74) is 2.24. The molecule has 0 atom stereocenters. The first kappa shape index (κ1) is 12.7. The van der Waals surface area contributed by atoms with Crippen molar-refractivity contribution in [3.63, 3.8) is 0 Å². The third kappa shape index (κ3) is 2.55. The third-order valence-electron chi connectivity index (χ3n) is 2.75. The maximum atomic E-state index is 5.51. The summed E-state index contributed by atoms with van der Waals surface area (Å²) in [6.07, 6.45) is 0. The first-order chi connectivity index (χ1) is 8.52. The topological polar surface area (TPSA) is 27.1 Å². The van der Waals surface area contributed by atoms with Crippen molar-refractivity contribution in [3.8, 4) is 11.6 Å². The summed E-state index contributed by atoms with van der Waals surface area (Å²) < 4.78 is 7.48. The van der Waals surface area contributed by atoms with Gasteiger partial charge in [-0.05, 0) is 19.1 Å². The molecule has 0 saturated carbocycles. The molecule has 1 heterocycles. The van der Waals surface area contributed by atoms with E-state index >= 15 is 0 Å². The minimum absolute atomic E-state index is 0.0260.